The average Bonchev–Trinajstić information content (AvgIpc) is 2.77. The topological polar surface area (TPSA) is 73.3 Å². The molecule has 0 spiro atoms. The molecule has 0 aliphatic rings. The van der Waals surface area contributed by atoms with Gasteiger partial charge in [-0.1, -0.05) is 11.8 Å². The summed E-state index contributed by atoms with van der Waals surface area (Å²) in [7, 11) is 0. The van der Waals surface area contributed by atoms with Crippen LogP contribution in [0.1, 0.15) is 10.6 Å². The van der Waals surface area contributed by atoms with Crippen molar-refractivity contribution in [3.8, 4) is 0 Å². The molecule has 17 heavy (non-hydrogen) atoms. The van der Waals surface area contributed by atoms with Gasteiger partial charge in [0.25, 0.3) is 5.69 Å². The first-order chi connectivity index (χ1) is 8.19. The maximum Gasteiger partial charge on any atom is 0.269 e. The number of nitro groups is 1. The number of rotatable bonds is 4. The highest BCUT2D eigenvalue weighted by molar-refractivity contribution is 7.99. The molecule has 0 atom stereocenters. The molecule has 0 aliphatic heterocycles. The summed E-state index contributed by atoms with van der Waals surface area (Å²) in [4.78, 5) is 21.2. The van der Waals surface area contributed by atoms with Crippen molar-refractivity contribution in [1.29, 1.82) is 0 Å². The standard InChI is InChI=1S/C11H7NO4S/c13-7-9-3-6-11(16-9)17-10-4-1-8(2-5-10)12(14)15/h1-7H. The Labute approximate surface area is 101 Å². The van der Waals surface area contributed by atoms with E-state index in [0.29, 0.717) is 11.4 Å². The fraction of sp³-hybridized carbons (Fsp3) is 0. The van der Waals surface area contributed by atoms with Crippen molar-refractivity contribution >= 4 is 23.7 Å². The van der Waals surface area contributed by atoms with E-state index in [9.17, 15) is 14.9 Å². The van der Waals surface area contributed by atoms with Crippen LogP contribution in [0.25, 0.3) is 0 Å². The SMILES string of the molecule is O=Cc1ccc(Sc2ccc([N+](=O)[O-])cc2)o1. The maximum atomic E-state index is 10.5. The predicted octanol–water partition coefficient (Wildman–Crippen LogP) is 3.15. The molecule has 0 fully saturated rings. The average molecular weight is 249 g/mol. The minimum Gasteiger partial charge on any atom is -0.447 e. The Morgan fingerprint density at radius 2 is 1.88 bits per heavy atom. The second-order valence-electron chi connectivity index (χ2n) is 3.13. The molecule has 1 heterocycles. The summed E-state index contributed by atoms with van der Waals surface area (Å²) in [6.07, 6.45) is 0.625. The van der Waals surface area contributed by atoms with Gasteiger partial charge in [0.05, 0.1) is 4.92 Å². The monoisotopic (exact) mass is 249 g/mol. The Balaban J connectivity index is 2.13. The first kappa shape index (κ1) is 11.4. The van der Waals surface area contributed by atoms with Gasteiger partial charge in [-0.3, -0.25) is 14.9 Å². The van der Waals surface area contributed by atoms with Crippen LogP contribution >= 0.6 is 11.8 Å². The number of hydrogen-bond donors (Lipinski definition) is 0. The van der Waals surface area contributed by atoms with Gasteiger partial charge in [0.2, 0.25) is 0 Å². The van der Waals surface area contributed by atoms with Crippen molar-refractivity contribution in [1.82, 2.24) is 0 Å². The highest BCUT2D eigenvalue weighted by Gasteiger charge is 2.07. The Bertz CT molecular complexity index is 547. The molecule has 5 nitrogen and oxygen atoms in total. The van der Waals surface area contributed by atoms with Crippen molar-refractivity contribution in [3.05, 3.63) is 52.3 Å². The van der Waals surface area contributed by atoms with Crippen LogP contribution in [0.15, 0.2) is 50.8 Å². The number of non-ortho nitro benzene ring substituents is 1. The quantitative estimate of drug-likeness (QED) is 0.472. The van der Waals surface area contributed by atoms with Crippen molar-refractivity contribution < 1.29 is 14.1 Å². The number of furan rings is 1. The molecule has 6 heteroatoms. The fourth-order valence-electron chi connectivity index (χ4n) is 1.20. The third-order valence-electron chi connectivity index (χ3n) is 1.98. The highest BCUT2D eigenvalue weighted by atomic mass is 32.2. The van der Waals surface area contributed by atoms with Crippen LogP contribution < -0.4 is 0 Å². The van der Waals surface area contributed by atoms with Gasteiger partial charge >= 0.3 is 0 Å². The van der Waals surface area contributed by atoms with Crippen LogP contribution in [0.2, 0.25) is 0 Å². The summed E-state index contributed by atoms with van der Waals surface area (Å²) in [5, 5.41) is 11.0. The molecule has 1 aromatic carbocycles. The lowest BCUT2D eigenvalue weighted by molar-refractivity contribution is -0.384. The zero-order valence-corrected chi connectivity index (χ0v) is 9.35. The summed E-state index contributed by atoms with van der Waals surface area (Å²) in [6, 6.07) is 9.35. The van der Waals surface area contributed by atoms with E-state index in [1.165, 1.54) is 23.9 Å². The van der Waals surface area contributed by atoms with Gasteiger partial charge in [0.15, 0.2) is 17.1 Å². The number of carbonyl (C=O) groups is 1. The molecule has 0 radical (unpaired) electrons. The Morgan fingerprint density at radius 3 is 2.41 bits per heavy atom. The van der Waals surface area contributed by atoms with Crippen molar-refractivity contribution in [2.45, 2.75) is 9.99 Å². The van der Waals surface area contributed by atoms with Crippen LogP contribution in [0, 0.1) is 10.1 Å². The molecule has 0 aliphatic carbocycles. The molecule has 86 valence electrons. The van der Waals surface area contributed by atoms with E-state index in [1.807, 2.05) is 0 Å². The molecule has 0 saturated carbocycles. The van der Waals surface area contributed by atoms with Gasteiger partial charge in [0.1, 0.15) is 0 Å². The van der Waals surface area contributed by atoms with Gasteiger partial charge in [0, 0.05) is 17.0 Å². The minimum absolute atomic E-state index is 0.0439. The zero-order chi connectivity index (χ0) is 12.3. The summed E-state index contributed by atoms with van der Waals surface area (Å²) in [5.41, 5.74) is 0.0439. The molecule has 0 unspecified atom stereocenters. The van der Waals surface area contributed by atoms with Gasteiger partial charge in [-0.05, 0) is 24.3 Å². The van der Waals surface area contributed by atoms with E-state index in [4.69, 9.17) is 4.42 Å². The second kappa shape index (κ2) is 4.84. The lowest BCUT2D eigenvalue weighted by Gasteiger charge is -1.97. The van der Waals surface area contributed by atoms with E-state index in [1.54, 1.807) is 24.3 Å². The fourth-order valence-corrected chi connectivity index (χ4v) is 1.98. The van der Waals surface area contributed by atoms with Crippen molar-refractivity contribution in [2.24, 2.45) is 0 Å². The molecule has 0 saturated heterocycles. The van der Waals surface area contributed by atoms with E-state index in [0.717, 1.165) is 4.90 Å². The number of nitrogens with zero attached hydrogens (tertiary/aromatic N) is 1. The lowest BCUT2D eigenvalue weighted by atomic mass is 10.3. The second-order valence-corrected chi connectivity index (χ2v) is 4.21. The molecular formula is C11H7NO4S. The van der Waals surface area contributed by atoms with Crippen LogP contribution in [0.3, 0.4) is 0 Å². The minimum atomic E-state index is -0.453. The van der Waals surface area contributed by atoms with E-state index >= 15 is 0 Å². The Morgan fingerprint density at radius 1 is 1.18 bits per heavy atom. The van der Waals surface area contributed by atoms with Gasteiger partial charge in [-0.15, -0.1) is 0 Å². The number of carbonyl (C=O) groups excluding carboxylic acids is 1. The first-order valence-corrected chi connectivity index (χ1v) is 5.48. The van der Waals surface area contributed by atoms with Crippen LogP contribution in [-0.4, -0.2) is 11.2 Å². The molecule has 0 N–H and O–H groups in total. The van der Waals surface area contributed by atoms with Crippen LogP contribution in [0.4, 0.5) is 5.69 Å². The normalized spacial score (nSPS) is 10.1. The van der Waals surface area contributed by atoms with Crippen molar-refractivity contribution in [3.63, 3.8) is 0 Å². The van der Waals surface area contributed by atoms with Gasteiger partial charge in [-0.2, -0.15) is 0 Å². The van der Waals surface area contributed by atoms with Crippen LogP contribution in [0.5, 0.6) is 0 Å². The summed E-state index contributed by atoms with van der Waals surface area (Å²) >= 11 is 1.30. The molecule has 1 aromatic heterocycles. The number of benzene rings is 1. The lowest BCUT2D eigenvalue weighted by Crippen LogP contribution is -1.86. The zero-order valence-electron chi connectivity index (χ0n) is 8.53. The summed E-state index contributed by atoms with van der Waals surface area (Å²) in [5.74, 6) is 0.259. The summed E-state index contributed by atoms with van der Waals surface area (Å²) in [6.45, 7) is 0. The predicted molar refractivity (Wildman–Crippen MR) is 61.3 cm³/mol. The number of aldehydes is 1. The summed E-state index contributed by atoms with van der Waals surface area (Å²) < 4.78 is 5.18. The highest BCUT2D eigenvalue weighted by Crippen LogP contribution is 2.29. The van der Waals surface area contributed by atoms with Gasteiger partial charge < -0.3 is 4.42 Å². The van der Waals surface area contributed by atoms with E-state index in [-0.39, 0.29) is 11.4 Å². The van der Waals surface area contributed by atoms with E-state index in [2.05, 4.69) is 0 Å². The molecule has 0 bridgehead atoms. The van der Waals surface area contributed by atoms with Gasteiger partial charge in [-0.25, -0.2) is 0 Å². The first-order valence-electron chi connectivity index (χ1n) is 4.66. The molecular weight excluding hydrogens is 242 g/mol. The van der Waals surface area contributed by atoms with Crippen molar-refractivity contribution in [2.75, 3.05) is 0 Å². The molecule has 2 aromatic rings. The molecule has 2 rings (SSSR count). The third kappa shape index (κ3) is 2.73. The smallest absolute Gasteiger partial charge is 0.269 e. The van der Waals surface area contributed by atoms with E-state index < -0.39 is 4.92 Å². The number of nitro benzene ring substituents is 1. The Kier molecular flexibility index (Phi) is 3.24. The molecule has 0 amide bonds. The largest absolute Gasteiger partial charge is 0.447 e. The Hall–Kier alpha value is -2.08. The maximum absolute atomic E-state index is 10.5. The number of hydrogen-bond acceptors (Lipinski definition) is 5. The van der Waals surface area contributed by atoms with Crippen LogP contribution in [-0.2, 0) is 0 Å². The third-order valence-corrected chi connectivity index (χ3v) is 2.91.